The van der Waals surface area contributed by atoms with Crippen LogP contribution in [0.15, 0.2) is 74.8 Å². The zero-order valence-electron chi connectivity index (χ0n) is 17.7. The summed E-state index contributed by atoms with van der Waals surface area (Å²) in [5, 5.41) is 0.550. The largest absolute Gasteiger partial charge is 0.497 e. The van der Waals surface area contributed by atoms with Gasteiger partial charge in [0.1, 0.15) is 12.4 Å². The van der Waals surface area contributed by atoms with Gasteiger partial charge in [0.2, 0.25) is 0 Å². The van der Waals surface area contributed by atoms with Gasteiger partial charge in [0, 0.05) is 18.4 Å². The number of hydrogen-bond donors (Lipinski definition) is 0. The van der Waals surface area contributed by atoms with Gasteiger partial charge in [0.25, 0.3) is 5.56 Å². The molecule has 8 heteroatoms. The van der Waals surface area contributed by atoms with Gasteiger partial charge in [-0.15, -0.1) is 11.8 Å². The third-order valence-electron chi connectivity index (χ3n) is 5.16. The van der Waals surface area contributed by atoms with Gasteiger partial charge in [-0.1, -0.05) is 42.5 Å². The van der Waals surface area contributed by atoms with E-state index < -0.39 is 11.5 Å². The highest BCUT2D eigenvalue weighted by molar-refractivity contribution is 7.99. The molecule has 0 aliphatic carbocycles. The van der Waals surface area contributed by atoms with Crippen molar-refractivity contribution < 1.29 is 14.3 Å². The molecule has 0 saturated heterocycles. The average Bonchev–Trinajstić information content (AvgIpc) is 2.84. The molecular weight excluding hydrogens is 428 g/mol. The summed E-state index contributed by atoms with van der Waals surface area (Å²) in [6.07, 6.45) is 1.54. The Balaban J connectivity index is 1.61. The van der Waals surface area contributed by atoms with Crippen LogP contribution in [0.2, 0.25) is 0 Å². The van der Waals surface area contributed by atoms with Crippen molar-refractivity contribution in [1.82, 2.24) is 9.13 Å². The Labute approximate surface area is 188 Å². The zero-order valence-corrected chi connectivity index (χ0v) is 18.6. The number of carbonyl (C=O) groups excluding carboxylic acids is 1. The molecule has 0 radical (unpaired) electrons. The second kappa shape index (κ2) is 9.32. The number of methoxy groups -OCH3 is 1. The maximum absolute atomic E-state index is 13.1. The summed E-state index contributed by atoms with van der Waals surface area (Å²) in [5.41, 5.74) is 1.55. The number of aromatic nitrogens is 2. The van der Waals surface area contributed by atoms with Crippen LogP contribution < -0.4 is 16.0 Å². The van der Waals surface area contributed by atoms with Gasteiger partial charge in [0.15, 0.2) is 0 Å². The van der Waals surface area contributed by atoms with Gasteiger partial charge in [-0.05, 0) is 29.3 Å². The van der Waals surface area contributed by atoms with Crippen molar-refractivity contribution in [3.05, 3.63) is 97.7 Å². The topological polar surface area (TPSA) is 79.5 Å². The van der Waals surface area contributed by atoms with E-state index in [9.17, 15) is 14.4 Å². The molecule has 32 heavy (non-hydrogen) atoms. The van der Waals surface area contributed by atoms with Crippen molar-refractivity contribution in [1.29, 1.82) is 0 Å². The molecule has 0 bridgehead atoms. The number of esters is 1. The molecule has 0 fully saturated rings. The summed E-state index contributed by atoms with van der Waals surface area (Å²) in [6.45, 7) is 0.254. The first-order valence-electron chi connectivity index (χ1n) is 9.99. The van der Waals surface area contributed by atoms with E-state index in [1.165, 1.54) is 20.9 Å². The lowest BCUT2D eigenvalue weighted by molar-refractivity contribution is -0.140. The van der Waals surface area contributed by atoms with Crippen molar-refractivity contribution in [3.63, 3.8) is 0 Å². The molecular formula is C24H22N2O5S. The second-order valence-corrected chi connectivity index (χ2v) is 8.29. The number of fused-ring (bicyclic) bond motifs is 1. The van der Waals surface area contributed by atoms with Gasteiger partial charge in [-0.3, -0.25) is 13.9 Å². The fourth-order valence-corrected chi connectivity index (χ4v) is 4.53. The van der Waals surface area contributed by atoms with Crippen LogP contribution in [0.5, 0.6) is 5.75 Å². The molecule has 1 aromatic heterocycles. The SMILES string of the molecule is COc1cccc(COC(=O)C2=Cc3c(n(C)c(=O)n(Cc4ccccc4)c3=O)SC2)c1. The number of ether oxygens (including phenoxy) is 2. The lowest BCUT2D eigenvalue weighted by Gasteiger charge is -2.19. The highest BCUT2D eigenvalue weighted by Crippen LogP contribution is 2.29. The molecule has 1 aliphatic rings. The third kappa shape index (κ3) is 4.40. The highest BCUT2D eigenvalue weighted by atomic mass is 32.2. The van der Waals surface area contributed by atoms with E-state index in [0.29, 0.717) is 27.7 Å². The van der Waals surface area contributed by atoms with E-state index in [0.717, 1.165) is 11.1 Å². The standard InChI is InChI=1S/C24H22N2O5S/c1-25-22-20(21(27)26(24(25)29)13-16-7-4-3-5-8-16)12-18(15-32-22)23(28)31-14-17-9-6-10-19(11-17)30-2/h3-12H,13-15H2,1-2H3. The summed E-state index contributed by atoms with van der Waals surface area (Å²) in [5.74, 6) is 0.507. The number of hydrogen-bond acceptors (Lipinski definition) is 6. The maximum Gasteiger partial charge on any atom is 0.335 e. The molecule has 164 valence electrons. The Kier molecular flexibility index (Phi) is 6.32. The lowest BCUT2D eigenvalue weighted by atomic mass is 10.2. The van der Waals surface area contributed by atoms with E-state index in [4.69, 9.17) is 9.47 Å². The van der Waals surface area contributed by atoms with Gasteiger partial charge in [-0.25, -0.2) is 9.59 Å². The summed E-state index contributed by atoms with van der Waals surface area (Å²) in [7, 11) is 3.21. The van der Waals surface area contributed by atoms with Gasteiger partial charge < -0.3 is 9.47 Å². The predicted octanol–water partition coefficient (Wildman–Crippen LogP) is 2.84. The summed E-state index contributed by atoms with van der Waals surface area (Å²) in [6, 6.07) is 16.6. The fourth-order valence-electron chi connectivity index (χ4n) is 3.46. The normalized spacial score (nSPS) is 12.6. The van der Waals surface area contributed by atoms with Crippen molar-refractivity contribution in [2.24, 2.45) is 7.05 Å². The minimum absolute atomic E-state index is 0.0937. The number of rotatable bonds is 6. The van der Waals surface area contributed by atoms with E-state index in [1.807, 2.05) is 48.5 Å². The highest BCUT2D eigenvalue weighted by Gasteiger charge is 2.24. The third-order valence-corrected chi connectivity index (χ3v) is 6.38. The number of carbonyl (C=O) groups is 1. The lowest BCUT2D eigenvalue weighted by Crippen LogP contribution is -2.42. The van der Waals surface area contributed by atoms with Crippen LogP contribution in [0.4, 0.5) is 0 Å². The summed E-state index contributed by atoms with van der Waals surface area (Å²) < 4.78 is 13.3. The molecule has 7 nitrogen and oxygen atoms in total. The smallest absolute Gasteiger partial charge is 0.335 e. The van der Waals surface area contributed by atoms with Crippen LogP contribution in [0.3, 0.4) is 0 Å². The Morgan fingerprint density at radius 1 is 1.06 bits per heavy atom. The first-order valence-corrected chi connectivity index (χ1v) is 11.0. The van der Waals surface area contributed by atoms with E-state index >= 15 is 0 Å². The van der Waals surface area contributed by atoms with Crippen molar-refractivity contribution in [3.8, 4) is 5.75 Å². The van der Waals surface area contributed by atoms with Crippen molar-refractivity contribution in [2.75, 3.05) is 12.9 Å². The molecule has 2 heterocycles. The maximum atomic E-state index is 13.1. The predicted molar refractivity (Wildman–Crippen MR) is 123 cm³/mol. The van der Waals surface area contributed by atoms with Crippen LogP contribution >= 0.6 is 11.8 Å². The molecule has 4 rings (SSSR count). The number of thioether (sulfide) groups is 1. The average molecular weight is 451 g/mol. The van der Waals surface area contributed by atoms with Crippen LogP contribution in [0.25, 0.3) is 6.08 Å². The Bertz CT molecular complexity index is 1310. The molecule has 0 unspecified atom stereocenters. The Hall–Kier alpha value is -3.52. The van der Waals surface area contributed by atoms with E-state index in [-0.39, 0.29) is 18.8 Å². The molecule has 1 aliphatic heterocycles. The quantitative estimate of drug-likeness (QED) is 0.425. The van der Waals surface area contributed by atoms with Gasteiger partial charge in [0.05, 0.1) is 24.2 Å². The molecule has 0 atom stereocenters. The monoisotopic (exact) mass is 450 g/mol. The van der Waals surface area contributed by atoms with Crippen molar-refractivity contribution >= 4 is 23.8 Å². The fraction of sp³-hybridized carbons (Fsp3) is 0.208. The Morgan fingerprint density at radius 3 is 2.56 bits per heavy atom. The summed E-state index contributed by atoms with van der Waals surface area (Å²) >= 11 is 1.28. The number of nitrogens with zero attached hydrogens (tertiary/aromatic N) is 2. The molecule has 2 aromatic carbocycles. The second-order valence-electron chi connectivity index (χ2n) is 7.32. The molecule has 0 spiro atoms. The summed E-state index contributed by atoms with van der Waals surface area (Å²) in [4.78, 5) is 38.6. The molecule has 3 aromatic rings. The molecule has 0 N–H and O–H groups in total. The van der Waals surface area contributed by atoms with Crippen LogP contribution in [-0.2, 0) is 29.7 Å². The van der Waals surface area contributed by atoms with Crippen LogP contribution in [-0.4, -0.2) is 28.0 Å². The van der Waals surface area contributed by atoms with Crippen molar-refractivity contribution in [2.45, 2.75) is 18.2 Å². The minimum atomic E-state index is -0.492. The van der Waals surface area contributed by atoms with Gasteiger partial charge in [-0.2, -0.15) is 0 Å². The first-order chi connectivity index (χ1) is 15.5. The minimum Gasteiger partial charge on any atom is -0.497 e. The van der Waals surface area contributed by atoms with Crippen LogP contribution in [0, 0.1) is 0 Å². The van der Waals surface area contributed by atoms with Gasteiger partial charge >= 0.3 is 11.7 Å². The van der Waals surface area contributed by atoms with Crippen LogP contribution in [0.1, 0.15) is 16.7 Å². The van der Waals surface area contributed by atoms with E-state index in [2.05, 4.69) is 0 Å². The Morgan fingerprint density at radius 2 is 1.81 bits per heavy atom. The number of benzene rings is 2. The zero-order chi connectivity index (χ0) is 22.7. The molecule has 0 amide bonds. The van der Waals surface area contributed by atoms with E-state index in [1.54, 1.807) is 26.3 Å². The molecule has 0 saturated carbocycles. The first kappa shape index (κ1) is 21.7.